The van der Waals surface area contributed by atoms with E-state index in [2.05, 4.69) is 71.3 Å². The summed E-state index contributed by atoms with van der Waals surface area (Å²) in [6.45, 7) is 14.0. The number of nitrogens with zero attached hydrogens (tertiary/aromatic N) is 4. The number of hydrogen-bond acceptors (Lipinski definition) is 5. The molecular weight excluding hydrogens is 478 g/mol. The zero-order valence-corrected chi connectivity index (χ0v) is 23.4. The van der Waals surface area contributed by atoms with Crippen molar-refractivity contribution in [2.45, 2.75) is 51.6 Å². The average molecular weight is 520 g/mol. The third-order valence-corrected chi connectivity index (χ3v) is 7.94. The van der Waals surface area contributed by atoms with Gasteiger partial charge in [-0.3, -0.25) is 10.1 Å². The molecule has 1 aromatic carbocycles. The van der Waals surface area contributed by atoms with E-state index < -0.39 is 0 Å². The molecule has 1 aromatic heterocycles. The second-order valence-electron chi connectivity index (χ2n) is 10.2. The Kier molecular flexibility index (Phi) is 9.33. The summed E-state index contributed by atoms with van der Waals surface area (Å²) in [6, 6.07) is 4.66. The third kappa shape index (κ3) is 6.57. The molecule has 2 aliphatic rings. The van der Waals surface area contributed by atoms with Gasteiger partial charge in [-0.15, -0.1) is 0 Å². The number of carbonyl (C=O) groups excluding carboxylic acids is 1. The van der Waals surface area contributed by atoms with Crippen molar-refractivity contribution in [2.75, 3.05) is 44.0 Å². The minimum absolute atomic E-state index is 0.0587. The lowest BCUT2D eigenvalue weighted by Gasteiger charge is -2.29. The predicted octanol–water partition coefficient (Wildman–Crippen LogP) is 6.08. The number of carbonyl (C=O) groups is 1. The van der Waals surface area contributed by atoms with Crippen LogP contribution >= 0.6 is 11.8 Å². The second-order valence-corrected chi connectivity index (χ2v) is 11.2. The van der Waals surface area contributed by atoms with Crippen LogP contribution in [0, 0.1) is 6.92 Å². The van der Waals surface area contributed by atoms with Gasteiger partial charge in [-0.25, -0.2) is 4.98 Å². The van der Waals surface area contributed by atoms with Gasteiger partial charge in [0.2, 0.25) is 5.95 Å². The first-order chi connectivity index (χ1) is 17.9. The standard InChI is InChI=1S/C30H41N5OS/c1-6-23(3)34-15-11-10-14-26(21-34)35-28-22(2)18-24(20-33(4)16-17-37-5)19-27(28)31-30(35)32-29(36)25-12-8-7-9-13-25/h6-8,12,18-19,26H,1,3,9-11,13-17,20-21H2,2,4-5H3,(H,31,32,36)/t26-/m1/s1. The first-order valence-electron chi connectivity index (χ1n) is 13.3. The van der Waals surface area contributed by atoms with Gasteiger partial charge in [0, 0.05) is 43.2 Å². The molecule has 37 heavy (non-hydrogen) atoms. The molecule has 7 heteroatoms. The summed E-state index contributed by atoms with van der Waals surface area (Å²) in [5.41, 5.74) is 6.25. The first-order valence-corrected chi connectivity index (χ1v) is 14.7. The lowest BCUT2D eigenvalue weighted by Crippen LogP contribution is -2.29. The zero-order valence-electron chi connectivity index (χ0n) is 22.6. The van der Waals surface area contributed by atoms with Gasteiger partial charge >= 0.3 is 0 Å². The predicted molar refractivity (Wildman–Crippen MR) is 158 cm³/mol. The molecule has 1 aliphatic heterocycles. The molecular formula is C30H41N5OS. The molecule has 0 radical (unpaired) electrons. The molecule has 1 N–H and O–H groups in total. The third-order valence-electron chi connectivity index (χ3n) is 7.35. The van der Waals surface area contributed by atoms with Crippen LogP contribution < -0.4 is 5.32 Å². The van der Waals surface area contributed by atoms with Gasteiger partial charge in [0.25, 0.3) is 5.91 Å². The summed E-state index contributed by atoms with van der Waals surface area (Å²) in [7, 11) is 2.17. The molecule has 2 aromatic rings. The van der Waals surface area contributed by atoms with E-state index in [-0.39, 0.29) is 11.9 Å². The fourth-order valence-corrected chi connectivity index (χ4v) is 5.87. The van der Waals surface area contributed by atoms with Gasteiger partial charge in [0.1, 0.15) is 0 Å². The lowest BCUT2D eigenvalue weighted by molar-refractivity contribution is -0.113. The number of fused-ring (bicyclic) bond motifs is 1. The van der Waals surface area contributed by atoms with E-state index in [4.69, 9.17) is 4.98 Å². The minimum Gasteiger partial charge on any atom is -0.370 e. The fourth-order valence-electron chi connectivity index (χ4n) is 5.37. The number of hydrogen-bond donors (Lipinski definition) is 1. The number of likely N-dealkylation sites (tertiary alicyclic amines) is 1. The fraction of sp³-hybridized carbons (Fsp3) is 0.467. The van der Waals surface area contributed by atoms with Crippen LogP contribution in [0.5, 0.6) is 0 Å². The highest BCUT2D eigenvalue weighted by Crippen LogP contribution is 2.34. The molecule has 1 saturated heterocycles. The molecule has 1 fully saturated rings. The quantitative estimate of drug-likeness (QED) is 0.386. The number of anilines is 1. The van der Waals surface area contributed by atoms with E-state index in [0.29, 0.717) is 5.95 Å². The highest BCUT2D eigenvalue weighted by atomic mass is 32.2. The molecule has 1 amide bonds. The van der Waals surface area contributed by atoms with Crippen molar-refractivity contribution in [1.29, 1.82) is 0 Å². The van der Waals surface area contributed by atoms with Crippen molar-refractivity contribution in [3.63, 3.8) is 0 Å². The summed E-state index contributed by atoms with van der Waals surface area (Å²) in [6.07, 6.45) is 14.9. The molecule has 0 unspecified atom stereocenters. The molecule has 198 valence electrons. The van der Waals surface area contributed by atoms with Gasteiger partial charge in [-0.2, -0.15) is 11.8 Å². The number of amides is 1. The number of imidazole rings is 1. The number of aromatic nitrogens is 2. The van der Waals surface area contributed by atoms with E-state index in [1.54, 1.807) is 0 Å². The van der Waals surface area contributed by atoms with Crippen LogP contribution in [-0.4, -0.2) is 63.9 Å². The molecule has 0 spiro atoms. The summed E-state index contributed by atoms with van der Waals surface area (Å²) >= 11 is 1.87. The molecule has 1 aliphatic carbocycles. The molecule has 4 rings (SSSR count). The van der Waals surface area contributed by atoms with Crippen LogP contribution in [0.4, 0.5) is 5.95 Å². The van der Waals surface area contributed by atoms with Crippen LogP contribution in [-0.2, 0) is 11.3 Å². The zero-order chi connectivity index (χ0) is 26.4. The van der Waals surface area contributed by atoms with Crippen molar-refractivity contribution in [1.82, 2.24) is 19.4 Å². The Morgan fingerprint density at radius 2 is 2.19 bits per heavy atom. The molecule has 2 heterocycles. The van der Waals surface area contributed by atoms with E-state index in [0.717, 1.165) is 86.3 Å². The number of nitrogens with one attached hydrogen (secondary N) is 1. The van der Waals surface area contributed by atoms with Gasteiger partial charge in [0.05, 0.1) is 17.1 Å². The van der Waals surface area contributed by atoms with Gasteiger partial charge in [0.15, 0.2) is 0 Å². The van der Waals surface area contributed by atoms with E-state index in [9.17, 15) is 4.79 Å². The smallest absolute Gasteiger partial charge is 0.253 e. The van der Waals surface area contributed by atoms with Crippen molar-refractivity contribution in [3.8, 4) is 0 Å². The average Bonchev–Trinajstić information content (AvgIpc) is 3.08. The van der Waals surface area contributed by atoms with Gasteiger partial charge < -0.3 is 14.4 Å². The number of allylic oxidation sites excluding steroid dienone is 4. The molecule has 6 nitrogen and oxygen atoms in total. The monoisotopic (exact) mass is 519 g/mol. The Balaban J connectivity index is 1.74. The molecule has 0 saturated carbocycles. The summed E-state index contributed by atoms with van der Waals surface area (Å²) in [5, 5.41) is 3.20. The maximum Gasteiger partial charge on any atom is 0.253 e. The number of thioether (sulfide) groups is 1. The normalized spacial score (nSPS) is 18.1. The van der Waals surface area contributed by atoms with Crippen LogP contribution in [0.25, 0.3) is 11.0 Å². The second kappa shape index (κ2) is 12.7. The van der Waals surface area contributed by atoms with Crippen molar-refractivity contribution < 1.29 is 4.79 Å². The maximum absolute atomic E-state index is 13.3. The van der Waals surface area contributed by atoms with E-state index in [1.165, 1.54) is 11.1 Å². The minimum atomic E-state index is -0.0587. The number of benzene rings is 1. The molecule has 0 bridgehead atoms. The van der Waals surface area contributed by atoms with Crippen molar-refractivity contribution >= 4 is 34.7 Å². The van der Waals surface area contributed by atoms with Gasteiger partial charge in [-0.05, 0) is 75.6 Å². The molecule has 1 atom stereocenters. The Hall–Kier alpha value is -2.77. The van der Waals surface area contributed by atoms with Crippen molar-refractivity contribution in [3.05, 3.63) is 72.0 Å². The van der Waals surface area contributed by atoms with Crippen LogP contribution in [0.3, 0.4) is 0 Å². The summed E-state index contributed by atoms with van der Waals surface area (Å²) < 4.78 is 2.29. The van der Waals surface area contributed by atoms with Crippen molar-refractivity contribution in [2.24, 2.45) is 0 Å². The Morgan fingerprint density at radius 1 is 1.35 bits per heavy atom. The first kappa shape index (κ1) is 27.3. The van der Waals surface area contributed by atoms with Crippen LogP contribution in [0.15, 0.2) is 60.9 Å². The lowest BCUT2D eigenvalue weighted by atomic mass is 10.0. The Morgan fingerprint density at radius 3 is 2.92 bits per heavy atom. The summed E-state index contributed by atoms with van der Waals surface area (Å²) in [4.78, 5) is 23.0. The number of aryl methyl sites for hydroxylation is 1. The Labute approximate surface area is 226 Å². The summed E-state index contributed by atoms with van der Waals surface area (Å²) in [5.74, 6) is 1.70. The van der Waals surface area contributed by atoms with Gasteiger partial charge in [-0.1, -0.05) is 37.5 Å². The van der Waals surface area contributed by atoms with E-state index in [1.807, 2.05) is 30.0 Å². The topological polar surface area (TPSA) is 53.4 Å². The highest BCUT2D eigenvalue weighted by molar-refractivity contribution is 7.98. The maximum atomic E-state index is 13.3. The van der Waals surface area contributed by atoms with Crippen LogP contribution in [0.2, 0.25) is 0 Å². The largest absolute Gasteiger partial charge is 0.370 e. The number of rotatable bonds is 10. The van der Waals surface area contributed by atoms with Crippen LogP contribution in [0.1, 0.15) is 49.3 Å². The Bertz CT molecular complexity index is 1210. The highest BCUT2D eigenvalue weighted by Gasteiger charge is 2.27. The SMILES string of the molecule is C=CC(=C)N1CCCC[C@@H](n2c(NC(=O)C3=CC=CCC3)nc3cc(CN(C)CCSC)cc(C)c32)C1. The van der Waals surface area contributed by atoms with E-state index >= 15 is 0 Å².